The second-order valence-corrected chi connectivity index (χ2v) is 37.5. The summed E-state index contributed by atoms with van der Waals surface area (Å²) in [5, 5.41) is 5.72. The Morgan fingerprint density at radius 1 is 0.372 bits per heavy atom. The Hall–Kier alpha value is -3.78. The maximum absolute atomic E-state index is 4.93. The van der Waals surface area contributed by atoms with Gasteiger partial charge in [-0.05, 0) is 191 Å². The molecule has 0 aromatic heterocycles. The summed E-state index contributed by atoms with van der Waals surface area (Å²) < 4.78 is 0. The van der Waals surface area contributed by atoms with Gasteiger partial charge in [0.1, 0.15) is 0 Å². The van der Waals surface area contributed by atoms with Gasteiger partial charge in [-0.2, -0.15) is 12.1 Å². The average Bonchev–Trinajstić information content (AvgIpc) is 1.63. The molecule has 2 radical (unpaired) electrons. The summed E-state index contributed by atoms with van der Waals surface area (Å²) in [6, 6.07) is 57.3. The fourth-order valence-electron chi connectivity index (χ4n) is 18.4. The summed E-state index contributed by atoms with van der Waals surface area (Å²) in [5.41, 5.74) is 21.4. The van der Waals surface area contributed by atoms with Gasteiger partial charge in [-0.3, -0.25) is 0 Å². The Balaban J connectivity index is 0.000000164. The standard InChI is InChI=1S/2C40H47.C2H6Si.2ClH.Zr/c2*1-38(2,3)32-11-7-30(8-12-32)34-15-16-35(31-9-13-33(14-10-31)39(4,5)6)37-21-29(20-36(34)37)25-40-22-26-17-27(23-40)19-28(18-26)24-40;1-3-2;;;/h2*7-16,20-21,26-28H,17-19,22-25H2,1-6H3;1-2H3;2*1H;/q2*-1;;;;+4/p-2. The molecule has 86 heavy (non-hydrogen) atoms. The van der Waals surface area contributed by atoms with Crippen molar-refractivity contribution in [3.63, 3.8) is 0 Å². The summed E-state index contributed by atoms with van der Waals surface area (Å²) in [6.45, 7) is 31.9. The van der Waals surface area contributed by atoms with E-state index in [0.717, 1.165) is 45.0 Å². The Bertz CT molecular complexity index is 3090. The third kappa shape index (κ3) is 13.9. The molecule has 0 amide bonds. The molecule has 0 aliphatic heterocycles. The molecule has 8 fully saturated rings. The van der Waals surface area contributed by atoms with Crippen molar-refractivity contribution in [2.75, 3.05) is 0 Å². The molecule has 0 saturated heterocycles. The third-order valence-electron chi connectivity index (χ3n) is 21.6. The van der Waals surface area contributed by atoms with Gasteiger partial charge in [-0.25, -0.2) is 0 Å². The predicted octanol–water partition coefficient (Wildman–Crippen LogP) is 24.7. The number of hydrogen-bond acceptors (Lipinski definition) is 0. The van der Waals surface area contributed by atoms with Crippen molar-refractivity contribution in [2.45, 2.75) is 208 Å². The van der Waals surface area contributed by atoms with Gasteiger partial charge in [0.25, 0.3) is 0 Å². The van der Waals surface area contributed by atoms with Crippen molar-refractivity contribution >= 4 is 48.1 Å². The fourth-order valence-corrected chi connectivity index (χ4v) is 18.4. The summed E-state index contributed by atoms with van der Waals surface area (Å²) in [4.78, 5) is 0. The molecule has 16 rings (SSSR count). The van der Waals surface area contributed by atoms with Crippen LogP contribution < -0.4 is 0 Å². The molecule has 8 aliphatic carbocycles. The third-order valence-corrected chi connectivity index (χ3v) is 21.6. The van der Waals surface area contributed by atoms with E-state index in [1.165, 1.54) is 178 Å². The van der Waals surface area contributed by atoms with Crippen LogP contribution in [-0.2, 0) is 55.3 Å². The van der Waals surface area contributed by atoms with Crippen LogP contribution in [-0.4, -0.2) is 9.52 Å². The quantitative estimate of drug-likeness (QED) is 0.105. The van der Waals surface area contributed by atoms with Crippen LogP contribution in [0.1, 0.15) is 194 Å². The van der Waals surface area contributed by atoms with Crippen molar-refractivity contribution in [3.8, 4) is 44.5 Å². The molecule has 8 saturated carbocycles. The van der Waals surface area contributed by atoms with E-state index in [-0.39, 0.29) is 21.7 Å². The van der Waals surface area contributed by atoms with E-state index >= 15 is 0 Å². The van der Waals surface area contributed by atoms with Crippen molar-refractivity contribution in [3.05, 3.63) is 179 Å². The molecule has 450 valence electrons. The zero-order chi connectivity index (χ0) is 61.1. The predicted molar refractivity (Wildman–Crippen MR) is 373 cm³/mol. The zero-order valence-corrected chi connectivity index (χ0v) is 59.9. The second-order valence-electron chi connectivity index (χ2n) is 32.8. The Labute approximate surface area is 542 Å². The fraction of sp³-hybridized carbons (Fsp3) is 0.488. The molecular weight excluding hydrogens is 1180 g/mol. The van der Waals surface area contributed by atoms with Crippen LogP contribution in [0.2, 0.25) is 13.1 Å². The monoisotopic (exact) mass is 1270 g/mol. The summed E-state index contributed by atoms with van der Waals surface area (Å²) in [7, 11) is 11.0. The SMILES string of the molecule is CC(C)(C)c1ccc(-c2ccc(-c3ccc(C(C)(C)C)cc3)c3[cH-]c(CC45CC6CC(CC(C6)C4)C5)cc23)cc1.CC(C)(C)c1ccc(-c2ccc(-c3ccc(C(C)(C)C)cc3)c3[cH-]c(CC45CC6CC(CC(C6)C4)C5)cc23)cc1.C[Si]C.[Cl][Zr+2][Cl]. The van der Waals surface area contributed by atoms with Crippen LogP contribution in [0.3, 0.4) is 0 Å². The van der Waals surface area contributed by atoms with Gasteiger partial charge in [0, 0.05) is 9.52 Å². The minimum absolute atomic E-state index is 0.169. The van der Waals surface area contributed by atoms with E-state index in [4.69, 9.17) is 17.0 Å². The van der Waals surface area contributed by atoms with Crippen molar-refractivity contribution in [2.24, 2.45) is 46.3 Å². The molecular formula is C82H100Cl2SiZr. The van der Waals surface area contributed by atoms with Crippen molar-refractivity contribution in [1.82, 2.24) is 0 Å². The van der Waals surface area contributed by atoms with E-state index in [1.54, 1.807) is 11.1 Å². The number of halogens is 2. The van der Waals surface area contributed by atoms with Gasteiger partial charge >= 0.3 is 37.9 Å². The summed E-state index contributed by atoms with van der Waals surface area (Å²) >= 11 is -0.826. The number of fused-ring (bicyclic) bond motifs is 2. The molecule has 8 bridgehead atoms. The Morgan fingerprint density at radius 3 is 0.802 bits per heavy atom. The summed E-state index contributed by atoms with van der Waals surface area (Å²) in [5.74, 6) is 6.02. The second kappa shape index (κ2) is 25.1. The molecule has 0 nitrogen and oxygen atoms in total. The van der Waals surface area contributed by atoms with Crippen LogP contribution >= 0.6 is 17.0 Å². The van der Waals surface area contributed by atoms with Crippen LogP contribution in [0.15, 0.2) is 146 Å². The van der Waals surface area contributed by atoms with Crippen LogP contribution in [0.5, 0.6) is 0 Å². The van der Waals surface area contributed by atoms with E-state index in [9.17, 15) is 0 Å². The van der Waals surface area contributed by atoms with Gasteiger partial charge in [0.2, 0.25) is 0 Å². The molecule has 0 N–H and O–H groups in total. The van der Waals surface area contributed by atoms with E-state index < -0.39 is 20.8 Å². The van der Waals surface area contributed by atoms with Crippen LogP contribution in [0.4, 0.5) is 0 Å². The molecule has 0 atom stereocenters. The van der Waals surface area contributed by atoms with Gasteiger partial charge in [0.15, 0.2) is 0 Å². The minimum atomic E-state index is -0.826. The average molecular weight is 1280 g/mol. The number of hydrogen-bond donors (Lipinski definition) is 0. The molecule has 0 spiro atoms. The zero-order valence-electron chi connectivity index (χ0n) is 55.0. The molecule has 4 heteroatoms. The maximum atomic E-state index is 4.93. The van der Waals surface area contributed by atoms with E-state index in [2.05, 4.69) is 242 Å². The van der Waals surface area contributed by atoms with Crippen LogP contribution in [0.25, 0.3) is 66.1 Å². The van der Waals surface area contributed by atoms with Gasteiger partial charge < -0.3 is 0 Å². The Kier molecular flexibility index (Phi) is 18.6. The molecule has 8 aromatic carbocycles. The molecule has 8 aliphatic rings. The van der Waals surface area contributed by atoms with Crippen LogP contribution in [0, 0.1) is 46.3 Å². The number of rotatable bonds is 8. The van der Waals surface area contributed by atoms with Gasteiger partial charge in [-0.1, -0.05) is 251 Å². The van der Waals surface area contributed by atoms with E-state index in [0.29, 0.717) is 10.8 Å². The first-order chi connectivity index (χ1) is 40.7. The van der Waals surface area contributed by atoms with Gasteiger partial charge in [-0.15, -0.1) is 44.8 Å². The van der Waals surface area contributed by atoms with Crippen molar-refractivity contribution < 1.29 is 20.8 Å². The number of benzene rings is 6. The molecule has 0 unspecified atom stereocenters. The molecule has 8 aromatic rings. The normalized spacial score (nSPS) is 24.6. The van der Waals surface area contributed by atoms with Gasteiger partial charge in [0.05, 0.1) is 0 Å². The van der Waals surface area contributed by atoms with E-state index in [1.807, 2.05) is 0 Å². The topological polar surface area (TPSA) is 0 Å². The first-order valence-electron chi connectivity index (χ1n) is 33.2. The first-order valence-corrected chi connectivity index (χ1v) is 41.5. The summed E-state index contributed by atoms with van der Waals surface area (Å²) in [6.07, 6.45) is 20.5. The Morgan fingerprint density at radius 2 is 0.581 bits per heavy atom. The first kappa shape index (κ1) is 63.8. The molecule has 0 heterocycles. The van der Waals surface area contributed by atoms with Crippen molar-refractivity contribution in [1.29, 1.82) is 0 Å².